The van der Waals surface area contributed by atoms with Gasteiger partial charge in [0.05, 0.1) is 0 Å². The minimum Gasteiger partial charge on any atom is -0.300 e. The molecule has 0 heterocycles. The van der Waals surface area contributed by atoms with E-state index in [1.807, 2.05) is 0 Å². The van der Waals surface area contributed by atoms with Crippen molar-refractivity contribution in [3.8, 4) is 0 Å². The van der Waals surface area contributed by atoms with E-state index in [9.17, 15) is 4.79 Å². The number of allylic oxidation sites excluding steroid dienone is 2. The number of hydrogen-bond acceptors (Lipinski definition) is 1. The van der Waals surface area contributed by atoms with Gasteiger partial charge in [-0.2, -0.15) is 0 Å². The number of ketones is 1. The summed E-state index contributed by atoms with van der Waals surface area (Å²) in [6, 6.07) is 0. The van der Waals surface area contributed by atoms with E-state index in [0.29, 0.717) is 11.7 Å². The van der Waals surface area contributed by atoms with Gasteiger partial charge < -0.3 is 0 Å². The molecule has 0 amide bonds. The number of Topliss-reactive ketones (excluding diaryl/α,β-unsaturated/α-hetero) is 1. The molecule has 2 aliphatic rings. The normalized spacial score (nSPS) is 43.2. The quantitative estimate of drug-likeness (QED) is 0.564. The molecule has 2 aliphatic carbocycles. The molecule has 0 bridgehead atoms. The molecule has 0 aromatic rings. The fraction of sp³-hybridized carbons (Fsp3) is 0.750. The zero-order chi connectivity index (χ0) is 9.47. The van der Waals surface area contributed by atoms with Crippen molar-refractivity contribution in [2.24, 2.45) is 17.3 Å². The summed E-state index contributed by atoms with van der Waals surface area (Å²) in [6.45, 7) is 4.02. The zero-order valence-corrected chi connectivity index (χ0v) is 8.55. The van der Waals surface area contributed by atoms with Crippen LogP contribution in [-0.2, 0) is 4.79 Å². The minimum absolute atomic E-state index is 0.198. The van der Waals surface area contributed by atoms with Gasteiger partial charge in [-0.1, -0.05) is 19.1 Å². The van der Waals surface area contributed by atoms with Gasteiger partial charge in [0.2, 0.25) is 0 Å². The van der Waals surface area contributed by atoms with Crippen LogP contribution < -0.4 is 0 Å². The van der Waals surface area contributed by atoms with Crippen LogP contribution in [0.15, 0.2) is 12.2 Å². The summed E-state index contributed by atoms with van der Waals surface area (Å²) in [5.41, 5.74) is 0.198. The van der Waals surface area contributed by atoms with E-state index in [2.05, 4.69) is 19.1 Å². The van der Waals surface area contributed by atoms with Crippen molar-refractivity contribution in [2.75, 3.05) is 0 Å². The summed E-state index contributed by atoms with van der Waals surface area (Å²) in [5.74, 6) is 1.46. The maximum Gasteiger partial charge on any atom is 0.133 e. The van der Waals surface area contributed by atoms with E-state index < -0.39 is 0 Å². The second-order valence-corrected chi connectivity index (χ2v) is 4.78. The molecule has 3 atom stereocenters. The lowest BCUT2D eigenvalue weighted by Gasteiger charge is -2.35. The average Bonchev–Trinajstić information content (AvgIpc) is 2.41. The van der Waals surface area contributed by atoms with Crippen LogP contribution in [0.2, 0.25) is 0 Å². The van der Waals surface area contributed by atoms with Crippen molar-refractivity contribution in [1.82, 2.24) is 0 Å². The summed E-state index contributed by atoms with van der Waals surface area (Å²) < 4.78 is 0. The van der Waals surface area contributed by atoms with Crippen LogP contribution in [0.5, 0.6) is 0 Å². The molecule has 0 aromatic heterocycles. The van der Waals surface area contributed by atoms with Crippen molar-refractivity contribution in [2.45, 2.75) is 39.5 Å². The molecule has 1 nitrogen and oxygen atoms in total. The third kappa shape index (κ3) is 1.25. The van der Waals surface area contributed by atoms with Gasteiger partial charge in [-0.25, -0.2) is 0 Å². The lowest BCUT2D eigenvalue weighted by Crippen LogP contribution is -2.32. The highest BCUT2D eigenvalue weighted by atomic mass is 16.1. The second kappa shape index (κ2) is 2.97. The molecule has 0 radical (unpaired) electrons. The number of fused-ring (bicyclic) bond motifs is 1. The van der Waals surface area contributed by atoms with E-state index in [-0.39, 0.29) is 5.41 Å². The molecular weight excluding hydrogens is 160 g/mol. The predicted octanol–water partition coefficient (Wildman–Crippen LogP) is 2.96. The first kappa shape index (κ1) is 8.98. The Labute approximate surface area is 80.2 Å². The molecule has 3 unspecified atom stereocenters. The van der Waals surface area contributed by atoms with Gasteiger partial charge in [-0.05, 0) is 43.9 Å². The third-order valence-corrected chi connectivity index (χ3v) is 4.08. The van der Waals surface area contributed by atoms with Gasteiger partial charge in [0.1, 0.15) is 5.78 Å². The van der Waals surface area contributed by atoms with Gasteiger partial charge >= 0.3 is 0 Å². The third-order valence-electron chi connectivity index (χ3n) is 4.08. The highest BCUT2D eigenvalue weighted by Crippen LogP contribution is 2.52. The maximum absolute atomic E-state index is 11.5. The molecule has 0 saturated heterocycles. The molecular formula is C12H18O. The van der Waals surface area contributed by atoms with Crippen molar-refractivity contribution >= 4 is 5.78 Å². The molecule has 2 rings (SSSR count). The van der Waals surface area contributed by atoms with Crippen LogP contribution >= 0.6 is 0 Å². The number of carbonyl (C=O) groups excluding carboxylic acids is 1. The molecule has 0 aliphatic heterocycles. The summed E-state index contributed by atoms with van der Waals surface area (Å²) in [7, 11) is 0. The van der Waals surface area contributed by atoms with Crippen LogP contribution in [0.3, 0.4) is 0 Å². The standard InChI is InChI=1S/C12H18O/c1-9(13)11-7-6-10-5-3-4-8-12(10,11)2/h4,8,10-11H,3,5-7H2,1-2H3. The highest BCUT2D eigenvalue weighted by Gasteiger charge is 2.47. The fourth-order valence-electron chi connectivity index (χ4n) is 3.26. The van der Waals surface area contributed by atoms with Crippen LogP contribution in [0, 0.1) is 17.3 Å². The molecule has 0 spiro atoms. The van der Waals surface area contributed by atoms with E-state index in [1.54, 1.807) is 6.92 Å². The largest absolute Gasteiger partial charge is 0.300 e. The van der Waals surface area contributed by atoms with Crippen molar-refractivity contribution in [3.05, 3.63) is 12.2 Å². The number of rotatable bonds is 1. The Balaban J connectivity index is 2.30. The van der Waals surface area contributed by atoms with Crippen molar-refractivity contribution in [1.29, 1.82) is 0 Å². The smallest absolute Gasteiger partial charge is 0.133 e. The molecule has 1 heteroatoms. The highest BCUT2D eigenvalue weighted by molar-refractivity contribution is 5.80. The minimum atomic E-state index is 0.198. The molecule has 0 aromatic carbocycles. The first-order valence-corrected chi connectivity index (χ1v) is 5.33. The van der Waals surface area contributed by atoms with Gasteiger partial charge in [0.25, 0.3) is 0 Å². The number of carbonyl (C=O) groups is 1. The molecule has 0 N–H and O–H groups in total. The molecule has 1 fully saturated rings. The van der Waals surface area contributed by atoms with Crippen LogP contribution in [0.25, 0.3) is 0 Å². The van der Waals surface area contributed by atoms with Gasteiger partial charge in [-0.3, -0.25) is 4.79 Å². The lowest BCUT2D eigenvalue weighted by molar-refractivity contribution is -0.123. The Kier molecular flexibility index (Phi) is 2.05. The Bertz CT molecular complexity index is 254. The Hall–Kier alpha value is -0.590. The lowest BCUT2D eigenvalue weighted by atomic mass is 9.68. The monoisotopic (exact) mass is 178 g/mol. The Morgan fingerprint density at radius 2 is 2.15 bits per heavy atom. The summed E-state index contributed by atoms with van der Waals surface area (Å²) in [6.07, 6.45) is 9.44. The second-order valence-electron chi connectivity index (χ2n) is 4.78. The summed E-state index contributed by atoms with van der Waals surface area (Å²) in [5, 5.41) is 0. The van der Waals surface area contributed by atoms with Crippen molar-refractivity contribution in [3.63, 3.8) is 0 Å². The van der Waals surface area contributed by atoms with E-state index in [4.69, 9.17) is 0 Å². The Morgan fingerprint density at radius 3 is 2.85 bits per heavy atom. The van der Waals surface area contributed by atoms with Crippen LogP contribution in [0.4, 0.5) is 0 Å². The van der Waals surface area contributed by atoms with Gasteiger partial charge in [-0.15, -0.1) is 0 Å². The maximum atomic E-state index is 11.5. The first-order valence-electron chi connectivity index (χ1n) is 5.33. The molecule has 13 heavy (non-hydrogen) atoms. The molecule has 1 saturated carbocycles. The first-order chi connectivity index (χ1) is 6.14. The van der Waals surface area contributed by atoms with Crippen LogP contribution in [0.1, 0.15) is 39.5 Å². The average molecular weight is 178 g/mol. The SMILES string of the molecule is CC(=O)C1CCC2CCC=CC21C. The van der Waals surface area contributed by atoms with Gasteiger partial charge in [0, 0.05) is 5.92 Å². The summed E-state index contributed by atoms with van der Waals surface area (Å²) in [4.78, 5) is 11.5. The predicted molar refractivity (Wildman–Crippen MR) is 53.4 cm³/mol. The topological polar surface area (TPSA) is 17.1 Å². The fourth-order valence-corrected chi connectivity index (χ4v) is 3.26. The summed E-state index contributed by atoms with van der Waals surface area (Å²) >= 11 is 0. The van der Waals surface area contributed by atoms with E-state index >= 15 is 0 Å². The Morgan fingerprint density at radius 1 is 1.38 bits per heavy atom. The van der Waals surface area contributed by atoms with Crippen LogP contribution in [-0.4, -0.2) is 5.78 Å². The van der Waals surface area contributed by atoms with Gasteiger partial charge in [0.15, 0.2) is 0 Å². The van der Waals surface area contributed by atoms with Crippen molar-refractivity contribution < 1.29 is 4.79 Å². The van der Waals surface area contributed by atoms with E-state index in [1.165, 1.54) is 19.3 Å². The number of hydrogen-bond donors (Lipinski definition) is 0. The molecule has 72 valence electrons. The zero-order valence-electron chi connectivity index (χ0n) is 8.55. The van der Waals surface area contributed by atoms with E-state index in [0.717, 1.165) is 12.3 Å².